The Bertz CT molecular complexity index is 1050. The highest BCUT2D eigenvalue weighted by Crippen LogP contribution is 2.39. The number of nitrogens with zero attached hydrogens (tertiary/aromatic N) is 4. The quantitative estimate of drug-likeness (QED) is 0.486. The molecule has 0 unspecified atom stereocenters. The lowest BCUT2D eigenvalue weighted by atomic mass is 9.80. The van der Waals surface area contributed by atoms with Gasteiger partial charge < -0.3 is 14.6 Å². The van der Waals surface area contributed by atoms with Gasteiger partial charge in [0, 0.05) is 35.9 Å². The topological polar surface area (TPSA) is 67.1 Å². The van der Waals surface area contributed by atoms with Gasteiger partial charge >= 0.3 is 0 Å². The molecule has 1 fully saturated rings. The maximum Gasteiger partial charge on any atom is 0.250 e. The van der Waals surface area contributed by atoms with Crippen LogP contribution < -0.4 is 10.2 Å². The molecular formula is C22H25BrClN5O. The minimum absolute atomic E-state index is 0.327. The number of nitrogens with one attached hydrogen (secondary N) is 1. The van der Waals surface area contributed by atoms with Crippen molar-refractivity contribution in [2.75, 3.05) is 31.6 Å². The number of benzene rings is 1. The Labute approximate surface area is 190 Å². The molecule has 0 bridgehead atoms. The molecule has 1 aliphatic rings. The lowest BCUT2D eigenvalue weighted by Crippen LogP contribution is -2.43. The van der Waals surface area contributed by atoms with E-state index in [1.165, 1.54) is 0 Å². The van der Waals surface area contributed by atoms with E-state index >= 15 is 0 Å². The molecule has 0 saturated carbocycles. The van der Waals surface area contributed by atoms with Gasteiger partial charge in [-0.25, -0.2) is 4.98 Å². The maximum absolute atomic E-state index is 6.16. The van der Waals surface area contributed by atoms with Crippen LogP contribution in [0.5, 0.6) is 0 Å². The van der Waals surface area contributed by atoms with E-state index in [2.05, 4.69) is 54.3 Å². The van der Waals surface area contributed by atoms with Crippen LogP contribution in [0.1, 0.15) is 25.3 Å². The fraction of sp³-hybridized carbons (Fsp3) is 0.409. The Hall–Kier alpha value is -1.96. The summed E-state index contributed by atoms with van der Waals surface area (Å²) in [6.07, 6.45) is 3.91. The lowest BCUT2D eigenvalue weighted by Gasteiger charge is -2.41. The van der Waals surface area contributed by atoms with Gasteiger partial charge in [-0.05, 0) is 62.1 Å². The van der Waals surface area contributed by atoms with Crippen molar-refractivity contribution in [3.8, 4) is 22.9 Å². The Kier molecular flexibility index (Phi) is 6.14. The standard InChI is InChI=1S/C22H25BrClN5O/c1-14-16(6-9-26-19(14)24)20-27-28-21(30-20)17-5-4-15(23)12-18(17)29-10-7-22(2,8-11-29)13-25-3/h4-6,9,12,25H,7-8,10-11,13H2,1-3H3. The summed E-state index contributed by atoms with van der Waals surface area (Å²) < 4.78 is 7.11. The van der Waals surface area contributed by atoms with E-state index in [1.54, 1.807) is 6.20 Å². The second-order valence-electron chi connectivity index (χ2n) is 8.18. The minimum atomic E-state index is 0.327. The molecule has 0 aliphatic carbocycles. The highest BCUT2D eigenvalue weighted by molar-refractivity contribution is 9.10. The van der Waals surface area contributed by atoms with E-state index in [0.29, 0.717) is 22.3 Å². The molecule has 1 saturated heterocycles. The Balaban J connectivity index is 1.65. The first kappa shape index (κ1) is 21.3. The number of rotatable bonds is 5. The van der Waals surface area contributed by atoms with E-state index in [0.717, 1.165) is 59.3 Å². The fourth-order valence-electron chi connectivity index (χ4n) is 4.02. The molecule has 6 nitrogen and oxygen atoms in total. The minimum Gasteiger partial charge on any atom is -0.416 e. The summed E-state index contributed by atoms with van der Waals surface area (Å²) in [7, 11) is 2.02. The van der Waals surface area contributed by atoms with Crippen LogP contribution in [0, 0.1) is 12.3 Å². The van der Waals surface area contributed by atoms with Crippen LogP contribution in [0.3, 0.4) is 0 Å². The van der Waals surface area contributed by atoms with Crippen LogP contribution in [0.4, 0.5) is 5.69 Å². The van der Waals surface area contributed by atoms with E-state index in [-0.39, 0.29) is 0 Å². The molecule has 1 N–H and O–H groups in total. The van der Waals surface area contributed by atoms with Gasteiger partial charge in [-0.2, -0.15) is 0 Å². The Morgan fingerprint density at radius 2 is 1.87 bits per heavy atom. The van der Waals surface area contributed by atoms with Gasteiger partial charge in [-0.15, -0.1) is 10.2 Å². The molecule has 0 atom stereocenters. The van der Waals surface area contributed by atoms with E-state index in [1.807, 2.05) is 32.2 Å². The summed E-state index contributed by atoms with van der Waals surface area (Å²) in [5, 5.41) is 12.4. The average Bonchev–Trinajstić information content (AvgIpc) is 3.20. The zero-order valence-electron chi connectivity index (χ0n) is 17.4. The van der Waals surface area contributed by atoms with Crippen molar-refractivity contribution in [2.24, 2.45) is 5.41 Å². The van der Waals surface area contributed by atoms with Gasteiger partial charge in [0.15, 0.2) is 0 Å². The molecule has 0 radical (unpaired) electrons. The van der Waals surface area contributed by atoms with Crippen molar-refractivity contribution >= 4 is 33.2 Å². The smallest absolute Gasteiger partial charge is 0.250 e. The zero-order valence-corrected chi connectivity index (χ0v) is 19.7. The molecule has 4 rings (SSSR count). The highest BCUT2D eigenvalue weighted by Gasteiger charge is 2.31. The summed E-state index contributed by atoms with van der Waals surface area (Å²) in [5.74, 6) is 0.948. The van der Waals surface area contributed by atoms with Gasteiger partial charge in [0.05, 0.1) is 11.3 Å². The molecule has 1 aromatic carbocycles. The van der Waals surface area contributed by atoms with Gasteiger partial charge in [0.1, 0.15) is 5.15 Å². The van der Waals surface area contributed by atoms with Crippen molar-refractivity contribution in [2.45, 2.75) is 26.7 Å². The SMILES string of the molecule is CNCC1(C)CCN(c2cc(Br)ccc2-c2nnc(-c3ccnc(Cl)c3C)o2)CC1. The number of hydrogen-bond acceptors (Lipinski definition) is 6. The first-order valence-corrected chi connectivity index (χ1v) is 11.2. The third kappa shape index (κ3) is 4.24. The summed E-state index contributed by atoms with van der Waals surface area (Å²) in [6, 6.07) is 8.01. The van der Waals surface area contributed by atoms with Crippen molar-refractivity contribution in [1.82, 2.24) is 20.5 Å². The predicted octanol–water partition coefficient (Wildman–Crippen LogP) is 5.35. The zero-order chi connectivity index (χ0) is 21.3. The monoisotopic (exact) mass is 489 g/mol. The second kappa shape index (κ2) is 8.65. The van der Waals surface area contributed by atoms with E-state index < -0.39 is 0 Å². The van der Waals surface area contributed by atoms with Crippen LogP contribution in [-0.2, 0) is 0 Å². The van der Waals surface area contributed by atoms with Crippen LogP contribution in [0.15, 0.2) is 39.4 Å². The van der Waals surface area contributed by atoms with Gasteiger partial charge in [-0.1, -0.05) is 34.5 Å². The highest BCUT2D eigenvalue weighted by atomic mass is 79.9. The number of anilines is 1. The largest absolute Gasteiger partial charge is 0.416 e. The summed E-state index contributed by atoms with van der Waals surface area (Å²) in [4.78, 5) is 6.51. The molecule has 8 heteroatoms. The average molecular weight is 491 g/mol. The van der Waals surface area contributed by atoms with Crippen molar-refractivity contribution in [3.63, 3.8) is 0 Å². The molecule has 30 heavy (non-hydrogen) atoms. The Morgan fingerprint density at radius 1 is 1.17 bits per heavy atom. The van der Waals surface area contributed by atoms with Gasteiger partial charge in [-0.3, -0.25) is 0 Å². The number of aromatic nitrogens is 3. The molecule has 158 valence electrons. The number of hydrogen-bond donors (Lipinski definition) is 1. The summed E-state index contributed by atoms with van der Waals surface area (Å²) in [6.45, 7) is 7.26. The number of pyridine rings is 1. The number of piperidine rings is 1. The lowest BCUT2D eigenvalue weighted by molar-refractivity contribution is 0.243. The van der Waals surface area contributed by atoms with Crippen LogP contribution in [0.25, 0.3) is 22.9 Å². The molecule has 2 aromatic heterocycles. The third-order valence-electron chi connectivity index (χ3n) is 5.90. The normalized spacial score (nSPS) is 16.1. The molecule has 0 amide bonds. The van der Waals surface area contributed by atoms with E-state index in [4.69, 9.17) is 16.0 Å². The molecule has 1 aliphatic heterocycles. The van der Waals surface area contributed by atoms with Crippen molar-refractivity contribution in [3.05, 3.63) is 45.7 Å². The molecule has 3 aromatic rings. The van der Waals surface area contributed by atoms with E-state index in [9.17, 15) is 0 Å². The van der Waals surface area contributed by atoms with Gasteiger partial charge in [0.25, 0.3) is 0 Å². The van der Waals surface area contributed by atoms with Crippen molar-refractivity contribution < 1.29 is 4.42 Å². The first-order chi connectivity index (χ1) is 14.4. The predicted molar refractivity (Wildman–Crippen MR) is 124 cm³/mol. The maximum atomic E-state index is 6.16. The fourth-order valence-corrected chi connectivity index (χ4v) is 4.53. The Morgan fingerprint density at radius 3 is 2.57 bits per heavy atom. The number of halogens is 2. The second-order valence-corrected chi connectivity index (χ2v) is 9.45. The van der Waals surface area contributed by atoms with Crippen LogP contribution in [-0.4, -0.2) is 41.9 Å². The van der Waals surface area contributed by atoms with Crippen molar-refractivity contribution in [1.29, 1.82) is 0 Å². The van der Waals surface area contributed by atoms with Gasteiger partial charge in [0.2, 0.25) is 11.8 Å². The molecule has 3 heterocycles. The first-order valence-electron chi connectivity index (χ1n) is 10.0. The third-order valence-corrected chi connectivity index (χ3v) is 6.78. The molecule has 0 spiro atoms. The van der Waals surface area contributed by atoms with Crippen LogP contribution in [0.2, 0.25) is 5.15 Å². The summed E-state index contributed by atoms with van der Waals surface area (Å²) in [5.41, 5.74) is 3.99. The van der Waals surface area contributed by atoms with Crippen LogP contribution >= 0.6 is 27.5 Å². The summed E-state index contributed by atoms with van der Waals surface area (Å²) >= 11 is 9.78. The molecular weight excluding hydrogens is 466 g/mol.